The van der Waals surface area contributed by atoms with Crippen molar-refractivity contribution in [1.29, 1.82) is 0 Å². The molecule has 138 valence electrons. The molecule has 2 aromatic rings. The van der Waals surface area contributed by atoms with Crippen LogP contribution in [0.5, 0.6) is 23.0 Å². The van der Waals surface area contributed by atoms with Gasteiger partial charge in [0.2, 0.25) is 5.75 Å². The summed E-state index contributed by atoms with van der Waals surface area (Å²) in [6.45, 7) is 3.37. The van der Waals surface area contributed by atoms with E-state index >= 15 is 0 Å². The van der Waals surface area contributed by atoms with Gasteiger partial charge in [0.25, 0.3) is 0 Å². The summed E-state index contributed by atoms with van der Waals surface area (Å²) in [7, 11) is 4.31. The van der Waals surface area contributed by atoms with Crippen LogP contribution in [0.15, 0.2) is 30.3 Å². The number of carbonyl (C=O) groups excluding carboxylic acids is 2. The number of aromatic hydroxyl groups is 1. The summed E-state index contributed by atoms with van der Waals surface area (Å²) in [6, 6.07) is 7.95. The first-order valence-electron chi connectivity index (χ1n) is 8.02. The van der Waals surface area contributed by atoms with Crippen LogP contribution in [0.25, 0.3) is 0 Å². The van der Waals surface area contributed by atoms with E-state index < -0.39 is 11.7 Å². The predicted octanol–water partition coefficient (Wildman–Crippen LogP) is 3.43. The molecule has 1 N–H and O–H groups in total. The van der Waals surface area contributed by atoms with Gasteiger partial charge in [0.1, 0.15) is 5.75 Å². The minimum absolute atomic E-state index is 0.00239. The van der Waals surface area contributed by atoms with E-state index in [4.69, 9.17) is 14.2 Å². The molecule has 2 aromatic carbocycles. The molecule has 0 bridgehead atoms. The van der Waals surface area contributed by atoms with E-state index in [9.17, 15) is 14.7 Å². The smallest absolute Gasteiger partial charge is 0.203 e. The number of rotatable bonds is 7. The topological polar surface area (TPSA) is 82.1 Å². The van der Waals surface area contributed by atoms with E-state index in [2.05, 4.69) is 0 Å². The highest BCUT2D eigenvalue weighted by Gasteiger charge is 2.28. The van der Waals surface area contributed by atoms with Gasteiger partial charge in [-0.25, -0.2) is 0 Å². The lowest BCUT2D eigenvalue weighted by molar-refractivity contribution is 0.0818. The zero-order valence-corrected chi connectivity index (χ0v) is 15.5. The Kier molecular flexibility index (Phi) is 5.87. The number of phenolic OH excluding ortho intramolecular Hbond substituents is 1. The average Bonchev–Trinajstić information content (AvgIpc) is 2.66. The monoisotopic (exact) mass is 358 g/mol. The molecule has 0 aromatic heterocycles. The zero-order valence-electron chi connectivity index (χ0n) is 15.5. The van der Waals surface area contributed by atoms with Crippen LogP contribution in [-0.2, 0) is 0 Å². The normalized spacial score (nSPS) is 11.6. The molecule has 0 saturated heterocycles. The lowest BCUT2D eigenvalue weighted by Gasteiger charge is -2.15. The summed E-state index contributed by atoms with van der Waals surface area (Å²) in [4.78, 5) is 25.5. The highest BCUT2D eigenvalue weighted by Crippen LogP contribution is 2.39. The summed E-state index contributed by atoms with van der Waals surface area (Å²) in [5.41, 5.74) is 1.26. The minimum atomic E-state index is -0.980. The van der Waals surface area contributed by atoms with Gasteiger partial charge in [0, 0.05) is 5.56 Å². The Balaban J connectivity index is 2.36. The number of benzene rings is 2. The Morgan fingerprint density at radius 3 is 2.15 bits per heavy atom. The Morgan fingerprint density at radius 2 is 1.58 bits per heavy atom. The highest BCUT2D eigenvalue weighted by molar-refractivity contribution is 6.17. The van der Waals surface area contributed by atoms with E-state index in [1.165, 1.54) is 40.4 Å². The number of hydrogen-bond donors (Lipinski definition) is 1. The molecule has 6 heteroatoms. The molecule has 0 radical (unpaired) electrons. The van der Waals surface area contributed by atoms with Crippen LogP contribution in [0, 0.1) is 12.8 Å². The van der Waals surface area contributed by atoms with Gasteiger partial charge in [-0.05, 0) is 37.6 Å². The van der Waals surface area contributed by atoms with Crippen LogP contribution < -0.4 is 14.2 Å². The Bertz CT molecular complexity index is 840. The fourth-order valence-corrected chi connectivity index (χ4v) is 2.69. The van der Waals surface area contributed by atoms with Gasteiger partial charge in [-0.15, -0.1) is 0 Å². The van der Waals surface area contributed by atoms with Gasteiger partial charge >= 0.3 is 0 Å². The van der Waals surface area contributed by atoms with Crippen LogP contribution >= 0.6 is 0 Å². The maximum Gasteiger partial charge on any atom is 0.203 e. The Morgan fingerprint density at radius 1 is 0.923 bits per heavy atom. The van der Waals surface area contributed by atoms with E-state index in [1.54, 1.807) is 18.2 Å². The molecule has 0 heterocycles. The fraction of sp³-hybridized carbons (Fsp3) is 0.300. The third-order valence-corrected chi connectivity index (χ3v) is 4.26. The second kappa shape index (κ2) is 7.91. The largest absolute Gasteiger partial charge is 0.504 e. The molecule has 0 saturated carbocycles. The molecule has 26 heavy (non-hydrogen) atoms. The van der Waals surface area contributed by atoms with Crippen LogP contribution in [0.1, 0.15) is 33.2 Å². The standard InChI is InChI=1S/C20H22O6/c1-11-6-7-13(10-16(11)25-4)17(21)12(2)18(22)14-8-9-15(24-3)20(26-5)19(14)23/h6-10,12,23H,1-5H3. The summed E-state index contributed by atoms with van der Waals surface area (Å²) >= 11 is 0. The number of Topliss-reactive ketones (excluding diaryl/α,β-unsaturated/α-hetero) is 2. The van der Waals surface area contributed by atoms with Gasteiger partial charge < -0.3 is 19.3 Å². The zero-order chi connectivity index (χ0) is 19.4. The summed E-state index contributed by atoms with van der Waals surface area (Å²) < 4.78 is 15.4. The molecule has 0 fully saturated rings. The Labute approximate surface area is 152 Å². The number of hydrogen-bond acceptors (Lipinski definition) is 6. The fourth-order valence-electron chi connectivity index (χ4n) is 2.69. The van der Waals surface area contributed by atoms with E-state index in [-0.39, 0.29) is 22.8 Å². The first-order valence-corrected chi connectivity index (χ1v) is 8.02. The highest BCUT2D eigenvalue weighted by atomic mass is 16.5. The van der Waals surface area contributed by atoms with Crippen LogP contribution in [0.3, 0.4) is 0 Å². The predicted molar refractivity (Wildman–Crippen MR) is 96.8 cm³/mol. The van der Waals surface area contributed by atoms with Crippen molar-refractivity contribution >= 4 is 11.6 Å². The quantitative estimate of drug-likeness (QED) is 0.603. The molecule has 0 spiro atoms. The molecular weight excluding hydrogens is 336 g/mol. The SMILES string of the molecule is COc1cc(C(=O)C(C)C(=O)c2ccc(OC)c(OC)c2O)ccc1C. The molecule has 0 aliphatic carbocycles. The molecule has 0 aliphatic rings. The molecule has 6 nitrogen and oxygen atoms in total. The molecule has 0 aliphatic heterocycles. The Hall–Kier alpha value is -3.02. The summed E-state index contributed by atoms with van der Waals surface area (Å²) in [5.74, 6) is -1.27. The van der Waals surface area contributed by atoms with Crippen molar-refractivity contribution in [3.63, 3.8) is 0 Å². The second-order valence-electron chi connectivity index (χ2n) is 5.83. The van der Waals surface area contributed by atoms with Crippen molar-refractivity contribution < 1.29 is 28.9 Å². The number of phenols is 1. The molecule has 2 rings (SSSR count). The van der Waals surface area contributed by atoms with Crippen molar-refractivity contribution in [2.24, 2.45) is 5.92 Å². The lowest BCUT2D eigenvalue weighted by atomic mass is 9.90. The van der Waals surface area contributed by atoms with Gasteiger partial charge in [-0.1, -0.05) is 12.1 Å². The summed E-state index contributed by atoms with van der Waals surface area (Å²) in [6.07, 6.45) is 0. The van der Waals surface area contributed by atoms with Gasteiger partial charge in [-0.2, -0.15) is 0 Å². The molecular formula is C20H22O6. The third kappa shape index (κ3) is 3.49. The van der Waals surface area contributed by atoms with Crippen molar-refractivity contribution in [1.82, 2.24) is 0 Å². The van der Waals surface area contributed by atoms with Crippen molar-refractivity contribution in [3.8, 4) is 23.0 Å². The van der Waals surface area contributed by atoms with Gasteiger partial charge in [-0.3, -0.25) is 9.59 Å². The van der Waals surface area contributed by atoms with Crippen molar-refractivity contribution in [2.75, 3.05) is 21.3 Å². The van der Waals surface area contributed by atoms with Gasteiger partial charge in [0.05, 0.1) is 32.8 Å². The number of ether oxygens (including phenoxy) is 3. The summed E-state index contributed by atoms with van der Waals surface area (Å²) in [5, 5.41) is 10.3. The van der Waals surface area contributed by atoms with Crippen molar-refractivity contribution in [3.05, 3.63) is 47.0 Å². The maximum absolute atomic E-state index is 12.8. The van der Waals surface area contributed by atoms with Crippen LogP contribution in [0.4, 0.5) is 0 Å². The number of ketones is 2. The van der Waals surface area contributed by atoms with E-state index in [1.807, 2.05) is 6.92 Å². The third-order valence-electron chi connectivity index (χ3n) is 4.26. The number of carbonyl (C=O) groups is 2. The molecule has 1 unspecified atom stereocenters. The molecule has 0 amide bonds. The van der Waals surface area contributed by atoms with Crippen LogP contribution in [0.2, 0.25) is 0 Å². The van der Waals surface area contributed by atoms with E-state index in [0.29, 0.717) is 17.1 Å². The van der Waals surface area contributed by atoms with Crippen molar-refractivity contribution in [2.45, 2.75) is 13.8 Å². The minimum Gasteiger partial charge on any atom is -0.504 e. The van der Waals surface area contributed by atoms with Crippen LogP contribution in [-0.4, -0.2) is 38.0 Å². The lowest BCUT2D eigenvalue weighted by Crippen LogP contribution is -2.21. The maximum atomic E-state index is 12.8. The number of aryl methyl sites for hydroxylation is 1. The first kappa shape index (κ1) is 19.3. The van der Waals surface area contributed by atoms with Gasteiger partial charge in [0.15, 0.2) is 23.1 Å². The first-order chi connectivity index (χ1) is 12.3. The van der Waals surface area contributed by atoms with E-state index in [0.717, 1.165) is 5.56 Å². The number of methoxy groups -OCH3 is 3. The average molecular weight is 358 g/mol. The second-order valence-corrected chi connectivity index (χ2v) is 5.83. The molecule has 1 atom stereocenters.